The van der Waals surface area contributed by atoms with Gasteiger partial charge in [0.2, 0.25) is 5.58 Å². The van der Waals surface area contributed by atoms with Crippen molar-refractivity contribution in [1.82, 2.24) is 15.1 Å². The van der Waals surface area contributed by atoms with Crippen molar-refractivity contribution in [2.75, 3.05) is 5.32 Å². The van der Waals surface area contributed by atoms with E-state index in [0.29, 0.717) is 11.6 Å². The van der Waals surface area contributed by atoms with Crippen LogP contribution >= 0.6 is 0 Å². The molecular weight excluding hydrogens is 336 g/mol. The molecular formula is C22H26N4O. The molecule has 5 rings (SSSR count). The molecule has 1 N–H and O–H groups in total. The number of fused-ring (bicyclic) bond motifs is 1. The molecule has 0 amide bonds. The molecule has 0 saturated heterocycles. The van der Waals surface area contributed by atoms with Crippen molar-refractivity contribution in [3.8, 4) is 11.3 Å². The maximum Gasteiger partial charge on any atom is 0.228 e. The van der Waals surface area contributed by atoms with E-state index in [-0.39, 0.29) is 0 Å². The predicted molar refractivity (Wildman–Crippen MR) is 107 cm³/mol. The Morgan fingerprint density at radius 3 is 2.19 bits per heavy atom. The number of nitrogens with zero attached hydrogens (tertiary/aromatic N) is 3. The van der Waals surface area contributed by atoms with Gasteiger partial charge in [0.25, 0.3) is 0 Å². The van der Waals surface area contributed by atoms with Crippen LogP contribution in [0.15, 0.2) is 16.7 Å². The van der Waals surface area contributed by atoms with Crippen LogP contribution in [0.2, 0.25) is 0 Å². The normalized spacial score (nSPS) is 17.1. The van der Waals surface area contributed by atoms with Crippen molar-refractivity contribution in [2.24, 2.45) is 11.8 Å². The fourth-order valence-corrected chi connectivity index (χ4v) is 4.45. The minimum Gasteiger partial charge on any atom is -0.363 e. The van der Waals surface area contributed by atoms with Crippen molar-refractivity contribution in [1.29, 1.82) is 0 Å². The van der Waals surface area contributed by atoms with Gasteiger partial charge in [-0.1, -0.05) is 22.9 Å². The van der Waals surface area contributed by atoms with Crippen LogP contribution in [0.3, 0.4) is 0 Å². The molecule has 0 bridgehead atoms. The van der Waals surface area contributed by atoms with Gasteiger partial charge in [-0.25, -0.2) is 9.97 Å². The topological polar surface area (TPSA) is 63.8 Å². The highest BCUT2D eigenvalue weighted by molar-refractivity contribution is 5.95. The third-order valence-electron chi connectivity index (χ3n) is 5.91. The minimum absolute atomic E-state index is 0.513. The number of anilines is 1. The third kappa shape index (κ3) is 2.99. The Hall–Kier alpha value is -2.43. The quantitative estimate of drug-likeness (QED) is 0.682. The van der Waals surface area contributed by atoms with Gasteiger partial charge in [-0.2, -0.15) is 0 Å². The number of nitrogens with one attached hydrogen (secondary N) is 1. The standard InChI is InChI=1S/C22H26N4O/c1-11-9-12(2)17(13(3)10-11)19-20-21(27-26-19)22(24-14(4)23-20)25-18(15-5-6-15)16-7-8-16/h9-10,15-16,18H,5-8H2,1-4H3,(H,23,24,25). The second-order valence-electron chi connectivity index (χ2n) is 8.45. The van der Waals surface area contributed by atoms with E-state index in [1.807, 2.05) is 6.92 Å². The first-order valence-corrected chi connectivity index (χ1v) is 10.00. The molecule has 0 aliphatic heterocycles. The highest BCUT2D eigenvalue weighted by Crippen LogP contribution is 2.46. The van der Waals surface area contributed by atoms with Gasteiger partial charge in [-0.15, -0.1) is 0 Å². The van der Waals surface area contributed by atoms with Crippen LogP contribution in [0.4, 0.5) is 5.82 Å². The molecule has 5 nitrogen and oxygen atoms in total. The highest BCUT2D eigenvalue weighted by atomic mass is 16.5. The van der Waals surface area contributed by atoms with Crippen LogP contribution in [-0.4, -0.2) is 21.2 Å². The molecule has 0 unspecified atom stereocenters. The van der Waals surface area contributed by atoms with Crippen LogP contribution < -0.4 is 5.32 Å². The summed E-state index contributed by atoms with van der Waals surface area (Å²) in [6.45, 7) is 8.31. The summed E-state index contributed by atoms with van der Waals surface area (Å²) in [6.07, 6.45) is 5.30. The van der Waals surface area contributed by atoms with Crippen LogP contribution in [0.25, 0.3) is 22.4 Å². The average Bonchev–Trinajstić information content (AvgIpc) is 3.50. The molecule has 0 atom stereocenters. The predicted octanol–water partition coefficient (Wildman–Crippen LogP) is 5.12. The van der Waals surface area contributed by atoms with Gasteiger partial charge in [0, 0.05) is 11.6 Å². The second kappa shape index (κ2) is 6.04. The molecule has 5 heteroatoms. The van der Waals surface area contributed by atoms with E-state index >= 15 is 0 Å². The monoisotopic (exact) mass is 362 g/mol. The Labute approximate surface area is 159 Å². The lowest BCUT2D eigenvalue weighted by Crippen LogP contribution is -2.25. The van der Waals surface area contributed by atoms with E-state index < -0.39 is 0 Å². The Morgan fingerprint density at radius 1 is 0.963 bits per heavy atom. The summed E-state index contributed by atoms with van der Waals surface area (Å²) in [5.74, 6) is 3.13. The number of aromatic nitrogens is 3. The zero-order chi connectivity index (χ0) is 18.7. The number of hydrogen-bond donors (Lipinski definition) is 1. The molecule has 3 aromatic rings. The first kappa shape index (κ1) is 16.7. The van der Waals surface area contributed by atoms with Gasteiger partial charge in [0.05, 0.1) is 0 Å². The summed E-state index contributed by atoms with van der Waals surface area (Å²) in [7, 11) is 0. The summed E-state index contributed by atoms with van der Waals surface area (Å²) in [5.41, 5.74) is 7.08. The zero-order valence-corrected chi connectivity index (χ0v) is 16.5. The van der Waals surface area contributed by atoms with Crippen molar-refractivity contribution in [3.05, 3.63) is 34.6 Å². The lowest BCUT2D eigenvalue weighted by atomic mass is 9.97. The molecule has 0 spiro atoms. The van der Waals surface area contributed by atoms with Gasteiger partial charge < -0.3 is 9.84 Å². The molecule has 2 fully saturated rings. The van der Waals surface area contributed by atoms with E-state index in [2.05, 4.69) is 48.4 Å². The van der Waals surface area contributed by atoms with Crippen LogP contribution in [0.5, 0.6) is 0 Å². The second-order valence-corrected chi connectivity index (χ2v) is 8.45. The van der Waals surface area contributed by atoms with Gasteiger partial charge >= 0.3 is 0 Å². The maximum atomic E-state index is 5.79. The summed E-state index contributed by atoms with van der Waals surface area (Å²) in [5, 5.41) is 8.13. The fourth-order valence-electron chi connectivity index (χ4n) is 4.45. The van der Waals surface area contributed by atoms with Crippen molar-refractivity contribution in [3.63, 3.8) is 0 Å². The molecule has 2 heterocycles. The third-order valence-corrected chi connectivity index (χ3v) is 5.91. The number of aryl methyl sites for hydroxylation is 4. The van der Waals surface area contributed by atoms with Crippen LogP contribution in [-0.2, 0) is 0 Å². The van der Waals surface area contributed by atoms with Gasteiger partial charge in [0.15, 0.2) is 5.82 Å². The van der Waals surface area contributed by atoms with E-state index in [0.717, 1.165) is 40.3 Å². The van der Waals surface area contributed by atoms with Crippen LogP contribution in [0.1, 0.15) is 48.2 Å². The first-order valence-electron chi connectivity index (χ1n) is 10.00. The van der Waals surface area contributed by atoms with Crippen molar-refractivity contribution >= 4 is 16.9 Å². The molecule has 140 valence electrons. The number of rotatable bonds is 5. The number of hydrogen-bond acceptors (Lipinski definition) is 5. The summed E-state index contributed by atoms with van der Waals surface area (Å²) in [6, 6.07) is 4.89. The molecule has 2 saturated carbocycles. The number of benzene rings is 1. The van der Waals surface area contributed by atoms with E-state index in [1.165, 1.54) is 42.4 Å². The van der Waals surface area contributed by atoms with E-state index in [1.54, 1.807) is 0 Å². The summed E-state index contributed by atoms with van der Waals surface area (Å²) >= 11 is 0. The van der Waals surface area contributed by atoms with Crippen molar-refractivity contribution in [2.45, 2.75) is 59.4 Å². The Kier molecular flexibility index (Phi) is 3.74. The van der Waals surface area contributed by atoms with Gasteiger partial charge in [-0.05, 0) is 76.3 Å². The smallest absolute Gasteiger partial charge is 0.228 e. The molecule has 1 aromatic carbocycles. The lowest BCUT2D eigenvalue weighted by molar-refractivity contribution is 0.458. The van der Waals surface area contributed by atoms with E-state index in [9.17, 15) is 0 Å². The molecule has 2 aliphatic rings. The molecule has 2 aromatic heterocycles. The molecule has 0 radical (unpaired) electrons. The Morgan fingerprint density at radius 2 is 1.59 bits per heavy atom. The SMILES string of the molecule is Cc1cc(C)c(-c2noc3c(NC(C4CC4)C4CC4)nc(C)nc23)c(C)c1. The Bertz CT molecular complexity index is 995. The van der Waals surface area contributed by atoms with Crippen LogP contribution in [0, 0.1) is 39.5 Å². The minimum atomic E-state index is 0.513. The average molecular weight is 362 g/mol. The summed E-state index contributed by atoms with van der Waals surface area (Å²) in [4.78, 5) is 9.37. The Balaban J connectivity index is 1.61. The largest absolute Gasteiger partial charge is 0.363 e. The summed E-state index contributed by atoms with van der Waals surface area (Å²) < 4.78 is 5.79. The molecule has 2 aliphatic carbocycles. The fraction of sp³-hybridized carbons (Fsp3) is 0.500. The first-order chi connectivity index (χ1) is 13.0. The maximum absolute atomic E-state index is 5.79. The lowest BCUT2D eigenvalue weighted by Gasteiger charge is -2.18. The van der Waals surface area contributed by atoms with Gasteiger partial charge in [0.1, 0.15) is 17.0 Å². The van der Waals surface area contributed by atoms with Crippen molar-refractivity contribution < 1.29 is 4.52 Å². The molecule has 27 heavy (non-hydrogen) atoms. The van der Waals surface area contributed by atoms with E-state index in [4.69, 9.17) is 9.51 Å². The zero-order valence-electron chi connectivity index (χ0n) is 16.5. The van der Waals surface area contributed by atoms with Gasteiger partial charge in [-0.3, -0.25) is 0 Å². The highest BCUT2D eigenvalue weighted by Gasteiger charge is 2.42.